The predicted molar refractivity (Wildman–Crippen MR) is 121 cm³/mol. The standard InChI is InChI=1S/C23H28BrN3O3/c1-14-7-5-10-18(27-22(29)30-23(2,3)4)15-8-6-9-16(11-15)20-19(26-21(14)28)12-17(24)13-25-20/h6,8-9,11-14,18H,5,7,10H2,1-4H3,(H,26,28)(H,27,29). The first-order valence-electron chi connectivity index (χ1n) is 10.2. The summed E-state index contributed by atoms with van der Waals surface area (Å²) in [5, 5.41) is 6.03. The number of halogens is 1. The van der Waals surface area contributed by atoms with Gasteiger partial charge in [0.2, 0.25) is 5.91 Å². The third kappa shape index (κ3) is 5.81. The fraction of sp³-hybridized carbons (Fsp3) is 0.435. The van der Waals surface area contributed by atoms with E-state index in [1.165, 1.54) is 0 Å². The number of hydrogen-bond acceptors (Lipinski definition) is 4. The summed E-state index contributed by atoms with van der Waals surface area (Å²) in [5.41, 5.74) is 2.64. The summed E-state index contributed by atoms with van der Waals surface area (Å²) in [5.74, 6) is -0.193. The van der Waals surface area contributed by atoms with Gasteiger partial charge in [0.25, 0.3) is 0 Å². The van der Waals surface area contributed by atoms with Gasteiger partial charge < -0.3 is 15.4 Å². The van der Waals surface area contributed by atoms with Gasteiger partial charge in [-0.25, -0.2) is 4.79 Å². The van der Waals surface area contributed by atoms with Gasteiger partial charge >= 0.3 is 6.09 Å². The summed E-state index contributed by atoms with van der Waals surface area (Å²) < 4.78 is 6.25. The lowest BCUT2D eigenvalue weighted by molar-refractivity contribution is -0.119. The molecule has 1 aromatic heterocycles. The highest BCUT2D eigenvalue weighted by molar-refractivity contribution is 9.10. The van der Waals surface area contributed by atoms with Gasteiger partial charge in [-0.2, -0.15) is 0 Å². The molecule has 1 aliphatic rings. The van der Waals surface area contributed by atoms with E-state index in [0.29, 0.717) is 17.8 Å². The molecule has 30 heavy (non-hydrogen) atoms. The first kappa shape index (κ1) is 22.3. The third-order valence-electron chi connectivity index (χ3n) is 4.94. The Morgan fingerprint density at radius 2 is 2.03 bits per heavy atom. The van der Waals surface area contributed by atoms with Crippen LogP contribution in [0.2, 0.25) is 0 Å². The number of ether oxygens (including phenoxy) is 1. The lowest BCUT2D eigenvalue weighted by Gasteiger charge is -2.25. The zero-order valence-electron chi connectivity index (χ0n) is 17.8. The topological polar surface area (TPSA) is 80.3 Å². The zero-order chi connectivity index (χ0) is 21.9. The number of pyridine rings is 1. The fourth-order valence-electron chi connectivity index (χ4n) is 3.45. The normalized spacial score (nSPS) is 19.6. The second-order valence-electron chi connectivity index (χ2n) is 8.70. The number of carbonyl (C=O) groups excluding carboxylic acids is 2. The van der Waals surface area contributed by atoms with Crippen molar-refractivity contribution in [2.45, 2.75) is 58.6 Å². The van der Waals surface area contributed by atoms with Crippen LogP contribution in [0.5, 0.6) is 0 Å². The van der Waals surface area contributed by atoms with Crippen LogP contribution in [0.4, 0.5) is 10.5 Å². The first-order valence-corrected chi connectivity index (χ1v) is 11.0. The Morgan fingerprint density at radius 1 is 1.27 bits per heavy atom. The van der Waals surface area contributed by atoms with Gasteiger partial charge in [0.1, 0.15) is 5.60 Å². The van der Waals surface area contributed by atoms with E-state index in [1.807, 2.05) is 58.0 Å². The van der Waals surface area contributed by atoms with Crippen molar-refractivity contribution >= 4 is 33.6 Å². The van der Waals surface area contributed by atoms with Crippen LogP contribution >= 0.6 is 15.9 Å². The predicted octanol–water partition coefficient (Wildman–Crippen LogP) is 5.84. The van der Waals surface area contributed by atoms with Crippen molar-refractivity contribution in [2.75, 3.05) is 5.32 Å². The molecule has 160 valence electrons. The number of nitrogens with one attached hydrogen (secondary N) is 2. The van der Waals surface area contributed by atoms with Crippen molar-refractivity contribution in [3.63, 3.8) is 0 Å². The average Bonchev–Trinajstić information content (AvgIpc) is 2.65. The van der Waals surface area contributed by atoms with Crippen molar-refractivity contribution in [3.05, 3.63) is 46.6 Å². The van der Waals surface area contributed by atoms with E-state index in [9.17, 15) is 9.59 Å². The monoisotopic (exact) mass is 473 g/mol. The summed E-state index contributed by atoms with van der Waals surface area (Å²) in [7, 11) is 0. The Hall–Kier alpha value is -2.41. The molecule has 7 heteroatoms. The SMILES string of the molecule is CC1CCCC(NC(=O)OC(C)(C)C)c2cccc(c2)-c2ncc(Br)cc2NC1=O. The molecule has 0 radical (unpaired) electrons. The highest BCUT2D eigenvalue weighted by Gasteiger charge is 2.23. The van der Waals surface area contributed by atoms with E-state index >= 15 is 0 Å². The molecule has 0 spiro atoms. The van der Waals surface area contributed by atoms with Crippen molar-refractivity contribution in [1.29, 1.82) is 0 Å². The summed E-state index contributed by atoms with van der Waals surface area (Å²) in [4.78, 5) is 29.7. The molecule has 2 bridgehead atoms. The summed E-state index contributed by atoms with van der Waals surface area (Å²) in [6, 6.07) is 9.56. The summed E-state index contributed by atoms with van der Waals surface area (Å²) in [6.45, 7) is 7.45. The highest BCUT2D eigenvalue weighted by Crippen LogP contribution is 2.32. The Morgan fingerprint density at radius 3 is 2.77 bits per heavy atom. The molecular formula is C23H28BrN3O3. The molecule has 0 aliphatic carbocycles. The van der Waals surface area contributed by atoms with Crippen LogP contribution in [0.25, 0.3) is 11.3 Å². The number of nitrogens with zero attached hydrogens (tertiary/aromatic N) is 1. The number of fused-ring (bicyclic) bond motifs is 4. The zero-order valence-corrected chi connectivity index (χ0v) is 19.4. The fourth-order valence-corrected chi connectivity index (χ4v) is 3.79. The number of rotatable bonds is 1. The molecule has 2 atom stereocenters. The number of anilines is 1. The maximum absolute atomic E-state index is 12.7. The van der Waals surface area contributed by atoms with Gasteiger partial charge in [-0.15, -0.1) is 0 Å². The summed E-state index contributed by atoms with van der Waals surface area (Å²) in [6.07, 6.45) is 3.49. The molecule has 2 heterocycles. The van der Waals surface area contributed by atoms with E-state index in [2.05, 4.69) is 31.5 Å². The number of benzene rings is 1. The number of carbonyl (C=O) groups is 2. The minimum Gasteiger partial charge on any atom is -0.444 e. The molecule has 2 aromatic rings. The van der Waals surface area contributed by atoms with Crippen molar-refractivity contribution in [1.82, 2.24) is 10.3 Å². The molecule has 1 aliphatic heterocycles. The van der Waals surface area contributed by atoms with Crippen LogP contribution in [0.15, 0.2) is 41.0 Å². The molecule has 3 rings (SSSR count). The van der Waals surface area contributed by atoms with E-state index < -0.39 is 11.7 Å². The molecular weight excluding hydrogens is 446 g/mol. The van der Waals surface area contributed by atoms with E-state index in [4.69, 9.17) is 4.74 Å². The molecule has 2 amide bonds. The Kier molecular flexibility index (Phi) is 6.81. The molecule has 2 unspecified atom stereocenters. The minimum absolute atomic E-state index is 0.0375. The number of hydrogen-bond donors (Lipinski definition) is 2. The van der Waals surface area contributed by atoms with Crippen LogP contribution in [0, 0.1) is 5.92 Å². The Balaban J connectivity index is 2.00. The van der Waals surface area contributed by atoms with Gasteiger partial charge in [0, 0.05) is 22.2 Å². The van der Waals surface area contributed by atoms with Crippen molar-refractivity contribution in [3.8, 4) is 11.3 Å². The van der Waals surface area contributed by atoms with Crippen LogP contribution in [-0.4, -0.2) is 22.6 Å². The highest BCUT2D eigenvalue weighted by atomic mass is 79.9. The van der Waals surface area contributed by atoms with Crippen LogP contribution in [-0.2, 0) is 9.53 Å². The number of amides is 2. The largest absolute Gasteiger partial charge is 0.444 e. The number of alkyl carbamates (subject to hydrolysis) is 1. The van der Waals surface area contributed by atoms with Crippen molar-refractivity contribution < 1.29 is 14.3 Å². The van der Waals surface area contributed by atoms with Gasteiger partial charge in [0.05, 0.1) is 17.4 Å². The van der Waals surface area contributed by atoms with Crippen LogP contribution < -0.4 is 10.6 Å². The maximum atomic E-state index is 12.7. The lowest BCUT2D eigenvalue weighted by Crippen LogP contribution is -2.35. The van der Waals surface area contributed by atoms with E-state index in [0.717, 1.165) is 28.4 Å². The van der Waals surface area contributed by atoms with E-state index in [1.54, 1.807) is 6.20 Å². The minimum atomic E-state index is -0.569. The van der Waals surface area contributed by atoms with Gasteiger partial charge in [-0.05, 0) is 67.2 Å². The van der Waals surface area contributed by atoms with E-state index in [-0.39, 0.29) is 17.9 Å². The molecule has 1 aromatic carbocycles. The van der Waals surface area contributed by atoms with Gasteiger partial charge in [-0.1, -0.05) is 31.5 Å². The average molecular weight is 474 g/mol. The Bertz CT molecular complexity index is 940. The van der Waals surface area contributed by atoms with Crippen LogP contribution in [0.3, 0.4) is 0 Å². The second-order valence-corrected chi connectivity index (χ2v) is 9.61. The molecule has 0 saturated heterocycles. The maximum Gasteiger partial charge on any atom is 0.408 e. The molecule has 0 fully saturated rings. The molecule has 2 N–H and O–H groups in total. The van der Waals surface area contributed by atoms with Gasteiger partial charge in [0.15, 0.2) is 0 Å². The van der Waals surface area contributed by atoms with Crippen LogP contribution in [0.1, 0.15) is 58.6 Å². The number of aromatic nitrogens is 1. The Labute approximate surface area is 185 Å². The van der Waals surface area contributed by atoms with Crippen molar-refractivity contribution in [2.24, 2.45) is 5.92 Å². The summed E-state index contributed by atoms with van der Waals surface area (Å²) >= 11 is 3.44. The lowest BCUT2D eigenvalue weighted by atomic mass is 9.94. The third-order valence-corrected chi connectivity index (χ3v) is 5.38. The molecule has 0 saturated carbocycles. The van der Waals surface area contributed by atoms with Gasteiger partial charge in [-0.3, -0.25) is 9.78 Å². The molecule has 6 nitrogen and oxygen atoms in total. The second kappa shape index (κ2) is 9.16. The first-order chi connectivity index (χ1) is 14.1. The quantitative estimate of drug-likeness (QED) is 0.545. The smallest absolute Gasteiger partial charge is 0.408 e.